The van der Waals surface area contributed by atoms with Crippen LogP contribution in [0.4, 0.5) is 0 Å². The standard InChI is InChI=1S/C18H23NO/c1-12-6-8-16(13(2)10-12)18(19-4)17-9-7-15(20-5)11-14(17)3/h6-11,18-19H,1-5H3. The monoisotopic (exact) mass is 269 g/mol. The predicted molar refractivity (Wildman–Crippen MR) is 84.5 cm³/mol. The lowest BCUT2D eigenvalue weighted by Crippen LogP contribution is -2.19. The first-order valence-electron chi connectivity index (χ1n) is 6.95. The molecule has 0 fully saturated rings. The van der Waals surface area contributed by atoms with Crippen molar-refractivity contribution >= 4 is 0 Å². The maximum absolute atomic E-state index is 5.29. The number of benzene rings is 2. The van der Waals surface area contributed by atoms with E-state index in [9.17, 15) is 0 Å². The van der Waals surface area contributed by atoms with E-state index in [1.54, 1.807) is 7.11 Å². The third kappa shape index (κ3) is 2.86. The summed E-state index contributed by atoms with van der Waals surface area (Å²) in [5.41, 5.74) is 6.47. The molecule has 0 amide bonds. The summed E-state index contributed by atoms with van der Waals surface area (Å²) in [6, 6.07) is 13.1. The molecule has 2 aromatic carbocycles. The zero-order valence-corrected chi connectivity index (χ0v) is 12.9. The Morgan fingerprint density at radius 3 is 2.00 bits per heavy atom. The third-order valence-electron chi connectivity index (χ3n) is 3.81. The van der Waals surface area contributed by atoms with E-state index < -0.39 is 0 Å². The van der Waals surface area contributed by atoms with Gasteiger partial charge in [-0.05, 0) is 62.2 Å². The lowest BCUT2D eigenvalue weighted by molar-refractivity contribution is 0.414. The van der Waals surface area contributed by atoms with Crippen molar-refractivity contribution in [3.05, 3.63) is 64.2 Å². The Hall–Kier alpha value is -1.80. The van der Waals surface area contributed by atoms with Gasteiger partial charge in [0.25, 0.3) is 0 Å². The fraction of sp³-hybridized carbons (Fsp3) is 0.333. The Morgan fingerprint density at radius 2 is 1.50 bits per heavy atom. The van der Waals surface area contributed by atoms with Crippen molar-refractivity contribution in [3.63, 3.8) is 0 Å². The van der Waals surface area contributed by atoms with E-state index in [0.29, 0.717) is 0 Å². The van der Waals surface area contributed by atoms with Crippen LogP contribution in [0, 0.1) is 20.8 Å². The fourth-order valence-corrected chi connectivity index (χ4v) is 2.73. The van der Waals surface area contributed by atoms with Crippen molar-refractivity contribution in [2.45, 2.75) is 26.8 Å². The molecule has 106 valence electrons. The first-order chi connectivity index (χ1) is 9.56. The molecule has 20 heavy (non-hydrogen) atoms. The van der Waals surface area contributed by atoms with Crippen LogP contribution in [-0.4, -0.2) is 14.2 Å². The average molecular weight is 269 g/mol. The van der Waals surface area contributed by atoms with Gasteiger partial charge in [-0.1, -0.05) is 29.8 Å². The van der Waals surface area contributed by atoms with Crippen LogP contribution < -0.4 is 10.1 Å². The normalized spacial score (nSPS) is 12.2. The Labute approximate surface area is 121 Å². The minimum absolute atomic E-state index is 0.210. The average Bonchev–Trinajstić information content (AvgIpc) is 2.43. The van der Waals surface area contributed by atoms with Crippen molar-refractivity contribution in [1.82, 2.24) is 5.32 Å². The summed E-state index contributed by atoms with van der Waals surface area (Å²) >= 11 is 0. The summed E-state index contributed by atoms with van der Waals surface area (Å²) in [5, 5.41) is 3.43. The molecular weight excluding hydrogens is 246 g/mol. The third-order valence-corrected chi connectivity index (χ3v) is 3.81. The maximum atomic E-state index is 5.29. The summed E-state index contributed by atoms with van der Waals surface area (Å²) in [6.45, 7) is 6.43. The van der Waals surface area contributed by atoms with Crippen molar-refractivity contribution < 1.29 is 4.74 Å². The minimum atomic E-state index is 0.210. The van der Waals surface area contributed by atoms with E-state index in [2.05, 4.69) is 56.4 Å². The van der Waals surface area contributed by atoms with Crippen molar-refractivity contribution in [3.8, 4) is 5.75 Å². The van der Waals surface area contributed by atoms with Gasteiger partial charge in [0.05, 0.1) is 13.2 Å². The Kier molecular flexibility index (Phi) is 4.46. The summed E-state index contributed by atoms with van der Waals surface area (Å²) < 4.78 is 5.29. The van der Waals surface area contributed by atoms with Gasteiger partial charge in [-0.3, -0.25) is 0 Å². The number of ether oxygens (including phenoxy) is 1. The topological polar surface area (TPSA) is 21.3 Å². The lowest BCUT2D eigenvalue weighted by atomic mass is 9.91. The molecule has 2 heteroatoms. The van der Waals surface area contributed by atoms with Gasteiger partial charge in [-0.25, -0.2) is 0 Å². The van der Waals surface area contributed by atoms with Gasteiger partial charge in [0, 0.05) is 0 Å². The van der Waals surface area contributed by atoms with Crippen molar-refractivity contribution in [1.29, 1.82) is 0 Å². The second-order valence-corrected chi connectivity index (χ2v) is 5.30. The number of hydrogen-bond acceptors (Lipinski definition) is 2. The molecule has 0 heterocycles. The molecule has 0 aliphatic heterocycles. The van der Waals surface area contributed by atoms with E-state index in [-0.39, 0.29) is 6.04 Å². The molecule has 0 aromatic heterocycles. The minimum Gasteiger partial charge on any atom is -0.497 e. The fourth-order valence-electron chi connectivity index (χ4n) is 2.73. The first-order valence-corrected chi connectivity index (χ1v) is 6.95. The van der Waals surface area contributed by atoms with Gasteiger partial charge in [0.15, 0.2) is 0 Å². The summed E-state index contributed by atoms with van der Waals surface area (Å²) in [5.74, 6) is 0.904. The predicted octanol–water partition coefficient (Wildman–Crippen LogP) is 3.93. The molecule has 1 atom stereocenters. The van der Waals surface area contributed by atoms with Crippen LogP contribution in [0.2, 0.25) is 0 Å². The molecule has 1 unspecified atom stereocenters. The van der Waals surface area contributed by atoms with Gasteiger partial charge in [0.1, 0.15) is 5.75 Å². The highest BCUT2D eigenvalue weighted by Gasteiger charge is 2.16. The molecule has 1 N–H and O–H groups in total. The first kappa shape index (κ1) is 14.6. The molecule has 0 radical (unpaired) electrons. The van der Waals surface area contributed by atoms with Crippen LogP contribution >= 0.6 is 0 Å². The smallest absolute Gasteiger partial charge is 0.119 e. The summed E-state index contributed by atoms with van der Waals surface area (Å²) in [4.78, 5) is 0. The quantitative estimate of drug-likeness (QED) is 0.908. The number of hydrogen-bond donors (Lipinski definition) is 1. The van der Waals surface area contributed by atoms with Gasteiger partial charge >= 0.3 is 0 Å². The molecule has 2 nitrogen and oxygen atoms in total. The highest BCUT2D eigenvalue weighted by molar-refractivity contribution is 5.44. The van der Waals surface area contributed by atoms with Crippen LogP contribution in [0.5, 0.6) is 5.75 Å². The summed E-state index contributed by atoms with van der Waals surface area (Å²) in [7, 11) is 3.71. The number of rotatable bonds is 4. The molecule has 2 rings (SSSR count). The molecule has 0 saturated carbocycles. The number of methoxy groups -OCH3 is 1. The molecule has 2 aromatic rings. The van der Waals surface area contributed by atoms with Crippen LogP contribution in [0.15, 0.2) is 36.4 Å². The number of aryl methyl sites for hydroxylation is 3. The van der Waals surface area contributed by atoms with Gasteiger partial charge in [-0.15, -0.1) is 0 Å². The highest BCUT2D eigenvalue weighted by Crippen LogP contribution is 2.29. The van der Waals surface area contributed by atoms with Crippen molar-refractivity contribution in [2.75, 3.05) is 14.2 Å². The molecule has 0 bridgehead atoms. The second-order valence-electron chi connectivity index (χ2n) is 5.30. The summed E-state index contributed by atoms with van der Waals surface area (Å²) in [6.07, 6.45) is 0. The molecule has 0 aliphatic rings. The highest BCUT2D eigenvalue weighted by atomic mass is 16.5. The Morgan fingerprint density at radius 1 is 0.900 bits per heavy atom. The Bertz CT molecular complexity index is 604. The van der Waals surface area contributed by atoms with E-state index >= 15 is 0 Å². The van der Waals surface area contributed by atoms with Gasteiger partial charge < -0.3 is 10.1 Å². The maximum Gasteiger partial charge on any atom is 0.119 e. The van der Waals surface area contributed by atoms with Gasteiger partial charge in [0.2, 0.25) is 0 Å². The van der Waals surface area contributed by atoms with Crippen molar-refractivity contribution in [2.24, 2.45) is 0 Å². The number of nitrogens with one attached hydrogen (secondary N) is 1. The van der Waals surface area contributed by atoms with Crippen LogP contribution in [0.3, 0.4) is 0 Å². The lowest BCUT2D eigenvalue weighted by Gasteiger charge is -2.22. The molecule has 0 saturated heterocycles. The van der Waals surface area contributed by atoms with Crippen LogP contribution in [0.1, 0.15) is 33.9 Å². The largest absolute Gasteiger partial charge is 0.497 e. The zero-order valence-electron chi connectivity index (χ0n) is 12.9. The van der Waals surface area contributed by atoms with E-state index in [1.807, 2.05) is 13.1 Å². The second kappa shape index (κ2) is 6.10. The van der Waals surface area contributed by atoms with Crippen LogP contribution in [0.25, 0.3) is 0 Å². The zero-order chi connectivity index (χ0) is 14.7. The Balaban J connectivity index is 2.47. The molecule has 0 spiro atoms. The van der Waals surface area contributed by atoms with E-state index in [4.69, 9.17) is 4.74 Å². The molecule has 0 aliphatic carbocycles. The van der Waals surface area contributed by atoms with E-state index in [0.717, 1.165) is 5.75 Å². The van der Waals surface area contributed by atoms with Gasteiger partial charge in [-0.2, -0.15) is 0 Å². The molecular formula is C18H23NO. The van der Waals surface area contributed by atoms with Crippen LogP contribution in [-0.2, 0) is 0 Å². The van der Waals surface area contributed by atoms with E-state index in [1.165, 1.54) is 27.8 Å². The SMILES string of the molecule is CNC(c1ccc(C)cc1C)c1ccc(OC)cc1C.